The largest absolute Gasteiger partial charge is 0.377 e. The molecule has 8 heteroatoms. The maximum absolute atomic E-state index is 12.7. The Hall–Kier alpha value is -0.920. The second-order valence-corrected chi connectivity index (χ2v) is 9.55. The number of hydrogen-bond acceptors (Lipinski definition) is 6. The van der Waals surface area contributed by atoms with Crippen LogP contribution >= 0.6 is 11.6 Å². The van der Waals surface area contributed by atoms with Gasteiger partial charge in [-0.2, -0.15) is 0 Å². The lowest BCUT2D eigenvalue weighted by Gasteiger charge is -2.35. The molecule has 6 nitrogen and oxygen atoms in total. The van der Waals surface area contributed by atoms with Crippen LogP contribution in [0.25, 0.3) is 0 Å². The molecule has 2 aliphatic heterocycles. The van der Waals surface area contributed by atoms with E-state index in [1.54, 1.807) is 20.8 Å². The van der Waals surface area contributed by atoms with E-state index in [0.29, 0.717) is 36.8 Å². The third-order valence-electron chi connectivity index (χ3n) is 4.69. The van der Waals surface area contributed by atoms with Crippen LogP contribution in [-0.4, -0.2) is 44.2 Å². The molecule has 0 N–H and O–H groups in total. The van der Waals surface area contributed by atoms with Crippen molar-refractivity contribution in [3.63, 3.8) is 0 Å². The highest BCUT2D eigenvalue weighted by Gasteiger charge is 2.53. The van der Waals surface area contributed by atoms with Gasteiger partial charge in [-0.25, -0.2) is 18.4 Å². The normalized spacial score (nSPS) is 29.4. The van der Waals surface area contributed by atoms with Crippen molar-refractivity contribution in [2.75, 3.05) is 24.7 Å². The molecule has 2 aliphatic rings. The fourth-order valence-corrected chi connectivity index (χ4v) is 5.26. The van der Waals surface area contributed by atoms with Gasteiger partial charge in [0.25, 0.3) is 0 Å². The summed E-state index contributed by atoms with van der Waals surface area (Å²) in [5.74, 6) is 0.632. The molecule has 0 saturated carbocycles. The molecule has 0 bridgehead atoms. The summed E-state index contributed by atoms with van der Waals surface area (Å²) in [6, 6.07) is 0.113. The van der Waals surface area contributed by atoms with Crippen LogP contribution in [0.2, 0.25) is 5.28 Å². The molecule has 2 unspecified atom stereocenters. The van der Waals surface area contributed by atoms with Gasteiger partial charge >= 0.3 is 0 Å². The van der Waals surface area contributed by atoms with Gasteiger partial charge in [0, 0.05) is 12.1 Å². The molecule has 1 aromatic heterocycles. The van der Waals surface area contributed by atoms with Gasteiger partial charge in [-0.1, -0.05) is 0 Å². The third-order valence-corrected chi connectivity index (χ3v) is 7.64. The number of rotatable bonds is 1. The fraction of sp³-hybridized carbons (Fsp3) is 0.714. The van der Waals surface area contributed by atoms with Crippen LogP contribution in [0.4, 0.5) is 5.82 Å². The van der Waals surface area contributed by atoms with Crippen LogP contribution < -0.4 is 4.90 Å². The van der Waals surface area contributed by atoms with Crippen LogP contribution in [0.3, 0.4) is 0 Å². The Labute approximate surface area is 135 Å². The zero-order valence-electron chi connectivity index (χ0n) is 13.1. The molecular weight excluding hydrogens is 326 g/mol. The fourth-order valence-electron chi connectivity index (χ4n) is 3.26. The topological polar surface area (TPSA) is 72.4 Å². The monoisotopic (exact) mass is 345 g/mol. The van der Waals surface area contributed by atoms with E-state index in [4.69, 9.17) is 16.3 Å². The maximum atomic E-state index is 12.7. The minimum absolute atomic E-state index is 0.0878. The Kier molecular flexibility index (Phi) is 3.66. The zero-order valence-corrected chi connectivity index (χ0v) is 14.7. The lowest BCUT2D eigenvalue weighted by atomic mass is 10.0. The average Bonchev–Trinajstić information content (AvgIpc) is 2.57. The third kappa shape index (κ3) is 2.06. The van der Waals surface area contributed by atoms with Crippen molar-refractivity contribution in [1.29, 1.82) is 0 Å². The van der Waals surface area contributed by atoms with Crippen LogP contribution in [0, 0.1) is 0 Å². The first-order valence-electron chi connectivity index (χ1n) is 7.33. The number of morpholine rings is 1. The minimum atomic E-state index is -3.38. The quantitative estimate of drug-likeness (QED) is 0.726. The smallest absolute Gasteiger partial charge is 0.224 e. The second-order valence-electron chi connectivity index (χ2n) is 6.39. The van der Waals surface area contributed by atoms with E-state index in [9.17, 15) is 8.42 Å². The number of ether oxygens (including phenoxy) is 1. The number of halogens is 1. The highest BCUT2D eigenvalue weighted by molar-refractivity contribution is 7.92. The van der Waals surface area contributed by atoms with Gasteiger partial charge in [-0.3, -0.25) is 0 Å². The maximum Gasteiger partial charge on any atom is 0.224 e. The number of hydrogen-bond donors (Lipinski definition) is 0. The van der Waals surface area contributed by atoms with Gasteiger partial charge in [-0.05, 0) is 39.3 Å². The Morgan fingerprint density at radius 3 is 2.64 bits per heavy atom. The second kappa shape index (κ2) is 5.04. The predicted octanol–water partition coefficient (Wildman–Crippen LogP) is 2.08. The van der Waals surface area contributed by atoms with Crippen LogP contribution in [0.15, 0.2) is 0 Å². The lowest BCUT2D eigenvalue weighted by Crippen LogP contribution is -2.44. The van der Waals surface area contributed by atoms with Gasteiger partial charge in [0.15, 0.2) is 9.84 Å². The van der Waals surface area contributed by atoms with Crippen LogP contribution in [-0.2, 0) is 19.3 Å². The van der Waals surface area contributed by atoms with Crippen molar-refractivity contribution in [2.24, 2.45) is 0 Å². The molecule has 0 spiro atoms. The molecule has 0 aliphatic carbocycles. The molecule has 122 valence electrons. The van der Waals surface area contributed by atoms with E-state index in [-0.39, 0.29) is 11.3 Å². The summed E-state index contributed by atoms with van der Waals surface area (Å²) in [6.07, 6.45) is 0. The standard InChI is InChI=1S/C14H20ClN3O3S/c1-8-7-21-6-5-18(8)12-10-9(2)22(19,20)14(3,4)11(10)16-13(15)17-12/h8-9H,5-7H2,1-4H3. The zero-order chi connectivity index (χ0) is 16.3. The molecule has 22 heavy (non-hydrogen) atoms. The molecule has 2 atom stereocenters. The minimum Gasteiger partial charge on any atom is -0.377 e. The summed E-state index contributed by atoms with van der Waals surface area (Å²) in [4.78, 5) is 10.7. The highest BCUT2D eigenvalue weighted by atomic mass is 35.5. The number of fused-ring (bicyclic) bond motifs is 1. The first-order valence-corrected chi connectivity index (χ1v) is 9.26. The highest BCUT2D eigenvalue weighted by Crippen LogP contribution is 2.51. The van der Waals surface area contributed by atoms with Gasteiger partial charge in [0.05, 0.1) is 30.2 Å². The Balaban J connectivity index is 2.24. The number of aromatic nitrogens is 2. The van der Waals surface area contributed by atoms with Crippen LogP contribution in [0.1, 0.15) is 44.2 Å². The van der Waals surface area contributed by atoms with Crippen molar-refractivity contribution >= 4 is 27.3 Å². The molecule has 0 aromatic carbocycles. The summed E-state index contributed by atoms with van der Waals surface area (Å²) >= 11 is 6.09. The van der Waals surface area contributed by atoms with Gasteiger partial charge < -0.3 is 9.64 Å². The van der Waals surface area contributed by atoms with E-state index >= 15 is 0 Å². The molecule has 0 radical (unpaired) electrons. The van der Waals surface area contributed by atoms with Gasteiger partial charge in [0.1, 0.15) is 10.6 Å². The van der Waals surface area contributed by atoms with E-state index < -0.39 is 19.8 Å². The summed E-state index contributed by atoms with van der Waals surface area (Å²) < 4.78 is 29.9. The first kappa shape index (κ1) is 16.0. The Bertz CT molecular complexity index is 720. The van der Waals surface area contributed by atoms with Gasteiger partial charge in [0.2, 0.25) is 5.28 Å². The number of sulfone groups is 1. The SMILES string of the molecule is CC1COCCN1c1nc(Cl)nc2c1C(C)S(=O)(=O)C2(C)C. The average molecular weight is 346 g/mol. The lowest BCUT2D eigenvalue weighted by molar-refractivity contribution is 0.0984. The van der Waals surface area contributed by atoms with E-state index in [2.05, 4.69) is 14.9 Å². The molecule has 0 amide bonds. The van der Waals surface area contributed by atoms with Crippen molar-refractivity contribution in [3.05, 3.63) is 16.5 Å². The van der Waals surface area contributed by atoms with Crippen molar-refractivity contribution in [2.45, 2.75) is 43.7 Å². The first-order chi connectivity index (χ1) is 10.2. The summed E-state index contributed by atoms with van der Waals surface area (Å²) in [7, 11) is -3.38. The number of nitrogens with zero attached hydrogens (tertiary/aromatic N) is 3. The molecule has 1 fully saturated rings. The van der Waals surface area contributed by atoms with Crippen molar-refractivity contribution < 1.29 is 13.2 Å². The van der Waals surface area contributed by atoms with Gasteiger partial charge in [-0.15, -0.1) is 0 Å². The Morgan fingerprint density at radius 1 is 1.32 bits per heavy atom. The predicted molar refractivity (Wildman–Crippen MR) is 85.0 cm³/mol. The molecular formula is C14H20ClN3O3S. The van der Waals surface area contributed by atoms with E-state index in [1.165, 1.54) is 0 Å². The summed E-state index contributed by atoms with van der Waals surface area (Å²) in [5, 5.41) is -0.551. The summed E-state index contributed by atoms with van der Waals surface area (Å²) in [5.41, 5.74) is 1.21. The molecule has 3 rings (SSSR count). The Morgan fingerprint density at radius 2 is 2.00 bits per heavy atom. The van der Waals surface area contributed by atoms with Crippen molar-refractivity contribution in [3.8, 4) is 0 Å². The van der Waals surface area contributed by atoms with E-state index in [1.807, 2.05) is 6.92 Å². The summed E-state index contributed by atoms with van der Waals surface area (Å²) in [6.45, 7) is 8.93. The molecule has 1 aromatic rings. The molecule has 3 heterocycles. The number of anilines is 1. The van der Waals surface area contributed by atoms with Crippen LogP contribution in [0.5, 0.6) is 0 Å². The molecule has 1 saturated heterocycles. The van der Waals surface area contributed by atoms with Crippen molar-refractivity contribution in [1.82, 2.24) is 9.97 Å². The van der Waals surface area contributed by atoms with E-state index in [0.717, 1.165) is 0 Å².